The number of nitrogens with one attached hydrogen (secondary N) is 2. The van der Waals surface area contributed by atoms with Gasteiger partial charge in [-0.25, -0.2) is 4.79 Å². The monoisotopic (exact) mass is 402 g/mol. The summed E-state index contributed by atoms with van der Waals surface area (Å²) in [7, 11) is 0. The molecule has 2 rings (SSSR count). The van der Waals surface area contributed by atoms with Crippen molar-refractivity contribution in [3.8, 4) is 0 Å². The summed E-state index contributed by atoms with van der Waals surface area (Å²) >= 11 is 7.37. The Hall–Kier alpha value is 0.0500. The summed E-state index contributed by atoms with van der Waals surface area (Å²) in [6, 6.07) is 0.440. The molecule has 0 aromatic heterocycles. The number of carboxylic acid groups (broad SMARTS) is 1. The van der Waals surface area contributed by atoms with Crippen LogP contribution >= 0.6 is 40.0 Å². The minimum atomic E-state index is -0.729. The summed E-state index contributed by atoms with van der Waals surface area (Å²) < 4.78 is 0. The van der Waals surface area contributed by atoms with Crippen molar-refractivity contribution in [3.63, 3.8) is 0 Å². The molecule has 8 heteroatoms. The van der Waals surface area contributed by atoms with Gasteiger partial charge in [0.1, 0.15) is 0 Å². The topological polar surface area (TPSA) is 78.4 Å². The first-order valence-corrected chi connectivity index (χ1v) is 10.5. The zero-order valence-corrected chi connectivity index (χ0v) is 13.7. The Morgan fingerprint density at radius 1 is 1.39 bits per heavy atom. The van der Waals surface area contributed by atoms with Gasteiger partial charge in [0.05, 0.1) is 12.1 Å². The molecule has 104 valence electrons. The van der Waals surface area contributed by atoms with E-state index in [1.165, 1.54) is 0 Å². The highest BCUT2D eigenvalue weighted by molar-refractivity contribution is 9.93. The van der Waals surface area contributed by atoms with Crippen molar-refractivity contribution in [2.45, 2.75) is 43.0 Å². The van der Waals surface area contributed by atoms with Crippen LogP contribution in [-0.4, -0.2) is 40.2 Å². The van der Waals surface area contributed by atoms with Crippen LogP contribution in [0.2, 0.25) is 0 Å². The average Bonchev–Trinajstić information content (AvgIpc) is 2.87. The van der Waals surface area contributed by atoms with Crippen molar-refractivity contribution < 1.29 is 14.7 Å². The Balaban J connectivity index is 0.000000771. The predicted octanol–water partition coefficient (Wildman–Crippen LogP) is 2.49. The summed E-state index contributed by atoms with van der Waals surface area (Å²) in [6.07, 6.45) is 2.88. The van der Waals surface area contributed by atoms with Gasteiger partial charge < -0.3 is 15.7 Å². The number of fused-ring (bicyclic) bond motifs is 1. The van der Waals surface area contributed by atoms with Crippen molar-refractivity contribution in [2.75, 3.05) is 5.75 Å². The molecule has 0 aromatic rings. The van der Waals surface area contributed by atoms with Crippen LogP contribution in [0.4, 0.5) is 4.79 Å². The number of carbonyl (C=O) groups is 2. The molecule has 0 unspecified atom stereocenters. The average molecular weight is 404 g/mol. The first kappa shape index (κ1) is 16.1. The highest BCUT2D eigenvalue weighted by Gasteiger charge is 2.42. The molecule has 2 fully saturated rings. The minimum Gasteiger partial charge on any atom is -0.481 e. The SMILES string of the molecule is BrBr.O=C(O)CCCC[C@H]1SC[C@H]2NC(=O)N[C@H]21. The second-order valence-electron chi connectivity index (χ2n) is 4.26. The number of carboxylic acids is 1. The van der Waals surface area contributed by atoms with Gasteiger partial charge in [0, 0.05) is 45.7 Å². The fourth-order valence-electron chi connectivity index (χ4n) is 2.26. The van der Waals surface area contributed by atoms with Crippen LogP contribution in [0, 0.1) is 0 Å². The Morgan fingerprint density at radius 2 is 2.11 bits per heavy atom. The van der Waals surface area contributed by atoms with E-state index in [0.717, 1.165) is 25.0 Å². The van der Waals surface area contributed by atoms with E-state index < -0.39 is 5.97 Å². The van der Waals surface area contributed by atoms with Gasteiger partial charge in [-0.2, -0.15) is 11.8 Å². The van der Waals surface area contributed by atoms with E-state index in [-0.39, 0.29) is 24.5 Å². The molecule has 2 saturated heterocycles. The fourth-order valence-corrected chi connectivity index (χ4v) is 3.81. The Morgan fingerprint density at radius 3 is 2.78 bits per heavy atom. The molecule has 0 saturated carbocycles. The molecule has 18 heavy (non-hydrogen) atoms. The normalized spacial score (nSPS) is 28.8. The molecular formula is C10H16Br2N2O3S. The van der Waals surface area contributed by atoms with Gasteiger partial charge in [0.25, 0.3) is 0 Å². The molecule has 0 radical (unpaired) electrons. The maximum Gasteiger partial charge on any atom is 0.315 e. The lowest BCUT2D eigenvalue weighted by Gasteiger charge is -2.16. The molecule has 3 N–H and O–H groups in total. The molecule has 2 aliphatic rings. The first-order chi connectivity index (χ1) is 8.66. The molecule has 2 amide bonds. The number of halogens is 2. The van der Waals surface area contributed by atoms with E-state index in [4.69, 9.17) is 5.11 Å². The number of unbranched alkanes of at least 4 members (excludes halogenated alkanes) is 1. The summed E-state index contributed by atoms with van der Waals surface area (Å²) in [5.74, 6) is 0.236. The van der Waals surface area contributed by atoms with Gasteiger partial charge in [-0.3, -0.25) is 4.79 Å². The Bertz CT molecular complexity index is 307. The summed E-state index contributed by atoms with van der Waals surface area (Å²) in [5, 5.41) is 14.8. The van der Waals surface area contributed by atoms with E-state index in [2.05, 4.69) is 38.9 Å². The number of hydrogen-bond acceptors (Lipinski definition) is 3. The molecule has 0 aliphatic carbocycles. The highest BCUT2D eigenvalue weighted by atomic mass is 80.9. The molecular weight excluding hydrogens is 388 g/mol. The minimum absolute atomic E-state index is 0.0640. The third-order valence-electron chi connectivity index (χ3n) is 3.07. The van der Waals surface area contributed by atoms with Crippen molar-refractivity contribution >= 4 is 52.0 Å². The zero-order valence-electron chi connectivity index (χ0n) is 9.70. The Labute approximate surface area is 126 Å². The molecule has 0 spiro atoms. The number of urea groups is 1. The summed E-state index contributed by atoms with van der Waals surface area (Å²) in [4.78, 5) is 21.5. The number of amides is 2. The molecule has 2 aliphatic heterocycles. The van der Waals surface area contributed by atoms with Crippen LogP contribution in [0.5, 0.6) is 0 Å². The van der Waals surface area contributed by atoms with Crippen molar-refractivity contribution in [1.82, 2.24) is 10.6 Å². The third kappa shape index (κ3) is 4.62. The number of carbonyl (C=O) groups excluding carboxylic acids is 1. The van der Waals surface area contributed by atoms with Gasteiger partial charge in [-0.05, 0) is 12.8 Å². The Kier molecular flexibility index (Phi) is 7.40. The van der Waals surface area contributed by atoms with E-state index in [1.807, 2.05) is 11.8 Å². The zero-order chi connectivity index (χ0) is 13.5. The lowest BCUT2D eigenvalue weighted by atomic mass is 10.0. The maximum absolute atomic E-state index is 11.1. The van der Waals surface area contributed by atoms with Crippen LogP contribution in [0.15, 0.2) is 0 Å². The van der Waals surface area contributed by atoms with Crippen LogP contribution in [0.25, 0.3) is 0 Å². The second-order valence-corrected chi connectivity index (χ2v) is 5.53. The maximum atomic E-state index is 11.1. The summed E-state index contributed by atoms with van der Waals surface area (Å²) in [6.45, 7) is 0. The quantitative estimate of drug-likeness (QED) is 0.486. The second kappa shape index (κ2) is 8.27. The van der Waals surface area contributed by atoms with Crippen molar-refractivity contribution in [3.05, 3.63) is 0 Å². The number of rotatable bonds is 5. The molecule has 2 heterocycles. The predicted molar refractivity (Wildman–Crippen MR) is 79.4 cm³/mol. The van der Waals surface area contributed by atoms with E-state index >= 15 is 0 Å². The van der Waals surface area contributed by atoms with Gasteiger partial charge in [-0.1, -0.05) is 6.42 Å². The highest BCUT2D eigenvalue weighted by Crippen LogP contribution is 2.33. The number of aliphatic carboxylic acids is 1. The van der Waals surface area contributed by atoms with Gasteiger partial charge in [-0.15, -0.1) is 0 Å². The standard InChI is InChI=1S/C10H16N2O3S.Br2/c13-8(14)4-2-1-3-7-9-6(5-16-7)11-10(15)12-9;1-2/h6-7,9H,1-5H2,(H,13,14)(H2,11,12,15);/t6-,7-,9-;/m1./s1. The molecule has 0 bridgehead atoms. The van der Waals surface area contributed by atoms with Crippen LogP contribution in [-0.2, 0) is 4.79 Å². The lowest BCUT2D eigenvalue weighted by molar-refractivity contribution is -0.137. The first-order valence-electron chi connectivity index (χ1n) is 5.71. The number of thioether (sulfide) groups is 1. The van der Waals surface area contributed by atoms with Gasteiger partial charge in [0.15, 0.2) is 0 Å². The number of hydrogen-bond donors (Lipinski definition) is 3. The van der Waals surface area contributed by atoms with Crippen molar-refractivity contribution in [2.24, 2.45) is 0 Å². The van der Waals surface area contributed by atoms with Gasteiger partial charge >= 0.3 is 12.0 Å². The van der Waals surface area contributed by atoms with Gasteiger partial charge in [0.2, 0.25) is 0 Å². The molecule has 3 atom stereocenters. The van der Waals surface area contributed by atoms with E-state index in [9.17, 15) is 9.59 Å². The van der Waals surface area contributed by atoms with Crippen LogP contribution in [0.3, 0.4) is 0 Å². The smallest absolute Gasteiger partial charge is 0.315 e. The third-order valence-corrected chi connectivity index (χ3v) is 4.58. The largest absolute Gasteiger partial charge is 0.481 e. The van der Waals surface area contributed by atoms with Crippen LogP contribution < -0.4 is 10.6 Å². The fraction of sp³-hybridized carbons (Fsp3) is 0.800. The molecule has 5 nitrogen and oxygen atoms in total. The summed E-state index contributed by atoms with van der Waals surface area (Å²) in [5.41, 5.74) is 0. The lowest BCUT2D eigenvalue weighted by Crippen LogP contribution is -2.36. The molecule has 0 aromatic carbocycles. The van der Waals surface area contributed by atoms with Crippen molar-refractivity contribution in [1.29, 1.82) is 0 Å². The van der Waals surface area contributed by atoms with Crippen LogP contribution in [0.1, 0.15) is 25.7 Å². The van der Waals surface area contributed by atoms with E-state index in [1.54, 1.807) is 0 Å². The van der Waals surface area contributed by atoms with E-state index in [0.29, 0.717) is 5.25 Å².